The lowest BCUT2D eigenvalue weighted by Crippen LogP contribution is -2.04. The van der Waals surface area contributed by atoms with Gasteiger partial charge in [0.25, 0.3) is 0 Å². The van der Waals surface area contributed by atoms with Crippen LogP contribution in [0.4, 0.5) is 14.5 Å². The molecule has 1 N–H and O–H groups in total. The summed E-state index contributed by atoms with van der Waals surface area (Å²) in [5.74, 6) is 0.101. The van der Waals surface area contributed by atoms with Gasteiger partial charge >= 0.3 is 6.61 Å². The number of nitrogens with zero attached hydrogens (tertiary/aromatic N) is 1. The first kappa shape index (κ1) is 15.3. The third-order valence-electron chi connectivity index (χ3n) is 2.67. The number of ether oxygens (including phenoxy) is 1. The number of hydrogen-bond donors (Lipinski definition) is 1. The van der Waals surface area contributed by atoms with Crippen LogP contribution < -0.4 is 10.2 Å². The van der Waals surface area contributed by atoms with Gasteiger partial charge in [0, 0.05) is 10.6 Å². The molecule has 0 bridgehead atoms. The molecule has 2 aromatic rings. The van der Waals surface area contributed by atoms with Gasteiger partial charge in [-0.25, -0.2) is 0 Å². The topological polar surface area (TPSA) is 33.6 Å². The van der Waals surface area contributed by atoms with Crippen LogP contribution in [0.3, 0.4) is 0 Å². The van der Waals surface area contributed by atoms with Crippen LogP contribution in [0.5, 0.6) is 5.75 Å². The molecule has 110 valence electrons. The molecule has 0 aliphatic carbocycles. The minimum absolute atomic E-state index is 0.101. The predicted octanol–water partition coefficient (Wildman–Crippen LogP) is 4.78. The molecular formula is C15H13ClF2N2O. The maximum atomic E-state index is 12.2. The maximum absolute atomic E-state index is 12.2. The van der Waals surface area contributed by atoms with E-state index in [1.54, 1.807) is 43.3 Å². The molecule has 0 aromatic heterocycles. The summed E-state index contributed by atoms with van der Waals surface area (Å²) in [7, 11) is 0. The Hall–Kier alpha value is -2.14. The second-order valence-corrected chi connectivity index (χ2v) is 4.66. The van der Waals surface area contributed by atoms with Crippen LogP contribution in [-0.2, 0) is 0 Å². The molecule has 2 aromatic carbocycles. The molecule has 0 unspecified atom stereocenters. The molecule has 2 rings (SSSR count). The summed E-state index contributed by atoms with van der Waals surface area (Å²) in [4.78, 5) is 0. The molecule has 0 saturated heterocycles. The summed E-state index contributed by atoms with van der Waals surface area (Å²) in [6, 6.07) is 13.4. The number of rotatable bonds is 5. The minimum atomic E-state index is -2.84. The Labute approximate surface area is 126 Å². The fourth-order valence-corrected chi connectivity index (χ4v) is 1.76. The summed E-state index contributed by atoms with van der Waals surface area (Å²) >= 11 is 5.79. The lowest BCUT2D eigenvalue weighted by atomic mass is 10.1. The van der Waals surface area contributed by atoms with E-state index in [9.17, 15) is 8.78 Å². The standard InChI is InChI=1S/C15H13ClF2N2O/c1-10(19-20-13-7-5-12(16)6-8-13)11-3-2-4-14(9-11)21-15(17)18/h2-9,15,20H,1H3/b19-10-. The number of alkyl halides is 2. The summed E-state index contributed by atoms with van der Waals surface area (Å²) < 4.78 is 28.7. The van der Waals surface area contributed by atoms with Gasteiger partial charge in [-0.05, 0) is 43.3 Å². The molecule has 0 atom stereocenters. The molecular weight excluding hydrogens is 298 g/mol. The van der Waals surface area contributed by atoms with Crippen molar-refractivity contribution >= 4 is 23.0 Å². The van der Waals surface area contributed by atoms with Crippen LogP contribution in [0, 0.1) is 0 Å². The first-order valence-electron chi connectivity index (χ1n) is 6.16. The Kier molecular flexibility index (Phi) is 5.11. The largest absolute Gasteiger partial charge is 0.435 e. The quantitative estimate of drug-likeness (QED) is 0.637. The van der Waals surface area contributed by atoms with Gasteiger partial charge in [-0.3, -0.25) is 5.43 Å². The van der Waals surface area contributed by atoms with Crippen molar-refractivity contribution in [2.75, 3.05) is 5.43 Å². The van der Waals surface area contributed by atoms with E-state index < -0.39 is 6.61 Å². The summed E-state index contributed by atoms with van der Waals surface area (Å²) in [6.07, 6.45) is 0. The van der Waals surface area contributed by atoms with Gasteiger partial charge in [-0.2, -0.15) is 13.9 Å². The fraction of sp³-hybridized carbons (Fsp3) is 0.133. The van der Waals surface area contributed by atoms with Crippen LogP contribution >= 0.6 is 11.6 Å². The van der Waals surface area contributed by atoms with Gasteiger partial charge in [0.15, 0.2) is 0 Å². The van der Waals surface area contributed by atoms with E-state index >= 15 is 0 Å². The molecule has 0 radical (unpaired) electrons. The Bertz CT molecular complexity index is 630. The number of hydrazone groups is 1. The Morgan fingerprint density at radius 2 is 1.90 bits per heavy atom. The number of anilines is 1. The van der Waals surface area contributed by atoms with E-state index in [-0.39, 0.29) is 5.75 Å². The first-order chi connectivity index (χ1) is 10.0. The Morgan fingerprint density at radius 3 is 2.57 bits per heavy atom. The molecule has 0 fully saturated rings. The molecule has 21 heavy (non-hydrogen) atoms. The summed E-state index contributed by atoms with van der Waals surface area (Å²) in [5.41, 5.74) is 4.98. The summed E-state index contributed by atoms with van der Waals surface area (Å²) in [6.45, 7) is -1.07. The second kappa shape index (κ2) is 7.04. The average Bonchev–Trinajstić information content (AvgIpc) is 2.46. The van der Waals surface area contributed by atoms with Gasteiger partial charge in [0.2, 0.25) is 0 Å². The van der Waals surface area contributed by atoms with Crippen molar-refractivity contribution in [1.82, 2.24) is 0 Å². The van der Waals surface area contributed by atoms with Crippen LogP contribution in [-0.4, -0.2) is 12.3 Å². The van der Waals surface area contributed by atoms with Gasteiger partial charge in [0.05, 0.1) is 11.4 Å². The van der Waals surface area contributed by atoms with Gasteiger partial charge < -0.3 is 4.74 Å². The van der Waals surface area contributed by atoms with Crippen LogP contribution in [0.1, 0.15) is 12.5 Å². The zero-order valence-electron chi connectivity index (χ0n) is 11.2. The molecule has 0 spiro atoms. The zero-order chi connectivity index (χ0) is 15.2. The number of benzene rings is 2. The monoisotopic (exact) mass is 310 g/mol. The third kappa shape index (κ3) is 4.72. The van der Waals surface area contributed by atoms with Crippen molar-refractivity contribution in [3.63, 3.8) is 0 Å². The smallest absolute Gasteiger partial charge is 0.387 e. The fourth-order valence-electron chi connectivity index (χ4n) is 1.63. The molecule has 0 aliphatic rings. The average molecular weight is 311 g/mol. The highest BCUT2D eigenvalue weighted by Gasteiger charge is 2.05. The van der Waals surface area contributed by atoms with Gasteiger partial charge in [-0.1, -0.05) is 23.7 Å². The number of halogens is 3. The van der Waals surface area contributed by atoms with E-state index in [4.69, 9.17) is 11.6 Å². The van der Waals surface area contributed by atoms with Crippen molar-refractivity contribution < 1.29 is 13.5 Å². The highest BCUT2D eigenvalue weighted by Crippen LogP contribution is 2.17. The Morgan fingerprint density at radius 1 is 1.19 bits per heavy atom. The van der Waals surface area contributed by atoms with E-state index in [1.165, 1.54) is 12.1 Å². The lowest BCUT2D eigenvalue weighted by Gasteiger charge is -2.07. The maximum Gasteiger partial charge on any atom is 0.387 e. The molecule has 0 amide bonds. The minimum Gasteiger partial charge on any atom is -0.435 e. The van der Waals surface area contributed by atoms with Crippen molar-refractivity contribution in [1.29, 1.82) is 0 Å². The second-order valence-electron chi connectivity index (χ2n) is 4.22. The van der Waals surface area contributed by atoms with Gasteiger partial charge in [0.1, 0.15) is 5.75 Å². The number of nitrogens with one attached hydrogen (secondary N) is 1. The van der Waals surface area contributed by atoms with E-state index in [1.807, 2.05) is 0 Å². The molecule has 0 saturated carbocycles. The van der Waals surface area contributed by atoms with E-state index in [2.05, 4.69) is 15.3 Å². The van der Waals surface area contributed by atoms with Crippen LogP contribution in [0.25, 0.3) is 0 Å². The van der Waals surface area contributed by atoms with Crippen molar-refractivity contribution in [3.05, 3.63) is 59.1 Å². The highest BCUT2D eigenvalue weighted by atomic mass is 35.5. The van der Waals surface area contributed by atoms with Gasteiger partial charge in [-0.15, -0.1) is 0 Å². The molecule has 0 aliphatic heterocycles. The van der Waals surface area contributed by atoms with Crippen molar-refractivity contribution in [3.8, 4) is 5.75 Å². The predicted molar refractivity (Wildman–Crippen MR) is 80.4 cm³/mol. The molecule has 0 heterocycles. The van der Waals surface area contributed by atoms with Crippen molar-refractivity contribution in [2.45, 2.75) is 13.5 Å². The van der Waals surface area contributed by atoms with Crippen LogP contribution in [0.15, 0.2) is 53.6 Å². The summed E-state index contributed by atoms with van der Waals surface area (Å²) in [5, 5.41) is 4.83. The normalized spacial score (nSPS) is 11.6. The van der Waals surface area contributed by atoms with Crippen molar-refractivity contribution in [2.24, 2.45) is 5.10 Å². The zero-order valence-corrected chi connectivity index (χ0v) is 11.9. The molecule has 6 heteroatoms. The third-order valence-corrected chi connectivity index (χ3v) is 2.93. The molecule has 3 nitrogen and oxygen atoms in total. The highest BCUT2D eigenvalue weighted by molar-refractivity contribution is 6.30. The lowest BCUT2D eigenvalue weighted by molar-refractivity contribution is -0.0498. The number of hydrogen-bond acceptors (Lipinski definition) is 3. The van der Waals surface area contributed by atoms with Crippen LogP contribution in [0.2, 0.25) is 5.02 Å². The van der Waals surface area contributed by atoms with E-state index in [0.717, 1.165) is 5.69 Å². The first-order valence-corrected chi connectivity index (χ1v) is 6.53. The SMILES string of the molecule is C/C(=N/Nc1ccc(Cl)cc1)c1cccc(OC(F)F)c1. The van der Waals surface area contributed by atoms with E-state index in [0.29, 0.717) is 16.3 Å². The Balaban J connectivity index is 2.09.